The minimum atomic E-state index is -1.18. The van der Waals surface area contributed by atoms with Gasteiger partial charge >= 0.3 is 5.97 Å². The second kappa shape index (κ2) is 4.20. The van der Waals surface area contributed by atoms with E-state index in [-0.39, 0.29) is 12.2 Å². The fourth-order valence-electron chi connectivity index (χ4n) is 1.06. The molecule has 13 heavy (non-hydrogen) atoms. The van der Waals surface area contributed by atoms with Crippen LogP contribution in [0.3, 0.4) is 0 Å². The molecule has 0 saturated heterocycles. The maximum atomic E-state index is 11.2. The summed E-state index contributed by atoms with van der Waals surface area (Å²) in [4.78, 5) is 11.2. The predicted octanol–water partition coefficient (Wildman–Crippen LogP) is -0.232. The molecule has 0 amide bonds. The molecule has 1 aliphatic rings. The van der Waals surface area contributed by atoms with Gasteiger partial charge in [0.05, 0.1) is 12.2 Å². The average molecular weight is 184 g/mol. The summed E-state index contributed by atoms with van der Waals surface area (Å²) in [6.07, 6.45) is 2.17. The molecule has 0 aliphatic heterocycles. The third-order valence-electron chi connectivity index (χ3n) is 1.74. The van der Waals surface area contributed by atoms with E-state index >= 15 is 0 Å². The first kappa shape index (κ1) is 9.95. The predicted molar refractivity (Wildman–Crippen MR) is 45.9 cm³/mol. The molecule has 0 aromatic rings. The van der Waals surface area contributed by atoms with Gasteiger partial charge in [0.2, 0.25) is 0 Å². The number of carbonyl (C=O) groups excluding carboxylic acids is 1. The number of aliphatic hydroxyl groups excluding tert-OH is 2. The van der Waals surface area contributed by atoms with Gasteiger partial charge in [-0.3, -0.25) is 0 Å². The van der Waals surface area contributed by atoms with E-state index in [0.717, 1.165) is 0 Å². The lowest BCUT2D eigenvalue weighted by Gasteiger charge is -2.19. The zero-order valence-corrected chi connectivity index (χ0v) is 7.30. The summed E-state index contributed by atoms with van der Waals surface area (Å²) >= 11 is 0. The molecule has 0 heterocycles. The highest BCUT2D eigenvalue weighted by atomic mass is 16.5. The number of esters is 1. The molecule has 1 aliphatic carbocycles. The largest absolute Gasteiger partial charge is 0.463 e. The summed E-state index contributed by atoms with van der Waals surface area (Å²) < 4.78 is 4.69. The molecule has 0 saturated carbocycles. The lowest BCUT2D eigenvalue weighted by atomic mass is 9.99. The van der Waals surface area contributed by atoms with E-state index in [9.17, 15) is 15.0 Å². The molecule has 1 rings (SSSR count). The highest BCUT2D eigenvalue weighted by Gasteiger charge is 2.26. The maximum Gasteiger partial charge on any atom is 0.336 e. The van der Waals surface area contributed by atoms with Crippen molar-refractivity contribution in [2.45, 2.75) is 19.1 Å². The lowest BCUT2D eigenvalue weighted by molar-refractivity contribution is -0.140. The standard InChI is InChI=1S/C9H12O4/c1-2-13-9(12)6-4-3-5-7(10)8(6)11/h3-5,7-8,10-11H,2H2,1H3. The van der Waals surface area contributed by atoms with Gasteiger partial charge in [0, 0.05) is 0 Å². The van der Waals surface area contributed by atoms with Crippen LogP contribution in [-0.4, -0.2) is 35.0 Å². The third kappa shape index (κ3) is 2.17. The number of allylic oxidation sites excluding steroid dienone is 2. The maximum absolute atomic E-state index is 11.2. The van der Waals surface area contributed by atoms with E-state index in [1.807, 2.05) is 0 Å². The molecule has 72 valence electrons. The SMILES string of the molecule is CCOC(=O)C1=CC=CC(O)C1O. The average Bonchev–Trinajstić information content (AvgIpc) is 2.10. The molecule has 0 aromatic heterocycles. The molecule has 2 atom stereocenters. The van der Waals surface area contributed by atoms with Gasteiger partial charge < -0.3 is 14.9 Å². The Bertz CT molecular complexity index is 254. The van der Waals surface area contributed by atoms with Crippen LogP contribution in [0.25, 0.3) is 0 Å². The molecule has 0 fully saturated rings. The molecular formula is C9H12O4. The van der Waals surface area contributed by atoms with E-state index in [1.54, 1.807) is 6.92 Å². The van der Waals surface area contributed by atoms with Crippen LogP contribution >= 0.6 is 0 Å². The summed E-state index contributed by atoms with van der Waals surface area (Å²) in [6, 6.07) is 0. The normalized spacial score (nSPS) is 26.8. The van der Waals surface area contributed by atoms with Crippen molar-refractivity contribution in [3.8, 4) is 0 Å². The zero-order chi connectivity index (χ0) is 9.84. The molecule has 0 aromatic carbocycles. The quantitative estimate of drug-likeness (QED) is 0.582. The molecule has 0 radical (unpaired) electrons. The van der Waals surface area contributed by atoms with Crippen LogP contribution in [0, 0.1) is 0 Å². The minimum absolute atomic E-state index is 0.0943. The Balaban J connectivity index is 2.73. The van der Waals surface area contributed by atoms with Crippen LogP contribution < -0.4 is 0 Å². The second-order valence-corrected chi connectivity index (χ2v) is 2.66. The van der Waals surface area contributed by atoms with E-state index < -0.39 is 18.2 Å². The van der Waals surface area contributed by atoms with Gasteiger partial charge in [-0.15, -0.1) is 0 Å². The van der Waals surface area contributed by atoms with Gasteiger partial charge in [-0.05, 0) is 13.0 Å². The summed E-state index contributed by atoms with van der Waals surface area (Å²) in [7, 11) is 0. The van der Waals surface area contributed by atoms with Crippen LogP contribution in [0.2, 0.25) is 0 Å². The van der Waals surface area contributed by atoms with Crippen molar-refractivity contribution in [2.24, 2.45) is 0 Å². The highest BCUT2D eigenvalue weighted by Crippen LogP contribution is 2.14. The molecule has 2 unspecified atom stereocenters. The van der Waals surface area contributed by atoms with Crippen molar-refractivity contribution in [3.63, 3.8) is 0 Å². The van der Waals surface area contributed by atoms with E-state index in [0.29, 0.717) is 0 Å². The number of carbonyl (C=O) groups is 1. The van der Waals surface area contributed by atoms with Gasteiger partial charge in [0.1, 0.15) is 12.2 Å². The summed E-state index contributed by atoms with van der Waals surface area (Å²) in [5.74, 6) is -0.585. The monoisotopic (exact) mass is 184 g/mol. The molecule has 0 spiro atoms. The Labute approximate surface area is 76.1 Å². The lowest BCUT2D eigenvalue weighted by Crippen LogP contribution is -2.32. The number of hydrogen-bond donors (Lipinski definition) is 2. The van der Waals surface area contributed by atoms with Crippen molar-refractivity contribution >= 4 is 5.97 Å². The molecule has 4 heteroatoms. The Kier molecular flexibility index (Phi) is 3.22. The van der Waals surface area contributed by atoms with Gasteiger partial charge in [-0.2, -0.15) is 0 Å². The third-order valence-corrected chi connectivity index (χ3v) is 1.74. The molecular weight excluding hydrogens is 172 g/mol. The number of hydrogen-bond acceptors (Lipinski definition) is 4. The van der Waals surface area contributed by atoms with Crippen molar-refractivity contribution in [1.29, 1.82) is 0 Å². The van der Waals surface area contributed by atoms with Crippen molar-refractivity contribution in [3.05, 3.63) is 23.8 Å². The van der Waals surface area contributed by atoms with E-state index in [1.165, 1.54) is 18.2 Å². The Morgan fingerprint density at radius 1 is 1.62 bits per heavy atom. The first-order valence-corrected chi connectivity index (χ1v) is 4.08. The smallest absolute Gasteiger partial charge is 0.336 e. The summed E-state index contributed by atoms with van der Waals surface area (Å²) in [5.41, 5.74) is 0.0943. The Morgan fingerprint density at radius 3 is 2.92 bits per heavy atom. The van der Waals surface area contributed by atoms with Crippen molar-refractivity contribution < 1.29 is 19.7 Å². The van der Waals surface area contributed by atoms with Crippen molar-refractivity contribution in [2.75, 3.05) is 6.61 Å². The molecule has 0 bridgehead atoms. The van der Waals surface area contributed by atoms with E-state index in [4.69, 9.17) is 0 Å². The fourth-order valence-corrected chi connectivity index (χ4v) is 1.06. The Morgan fingerprint density at radius 2 is 2.31 bits per heavy atom. The number of ether oxygens (including phenoxy) is 1. The Hall–Kier alpha value is -1.13. The zero-order valence-electron chi connectivity index (χ0n) is 7.30. The van der Waals surface area contributed by atoms with Crippen LogP contribution in [0.5, 0.6) is 0 Å². The van der Waals surface area contributed by atoms with Gasteiger partial charge in [-0.25, -0.2) is 4.79 Å². The number of rotatable bonds is 2. The first-order chi connectivity index (χ1) is 6.16. The van der Waals surface area contributed by atoms with Gasteiger partial charge in [0.25, 0.3) is 0 Å². The van der Waals surface area contributed by atoms with Crippen LogP contribution in [0.4, 0.5) is 0 Å². The highest BCUT2D eigenvalue weighted by molar-refractivity contribution is 5.90. The minimum Gasteiger partial charge on any atom is -0.463 e. The second-order valence-electron chi connectivity index (χ2n) is 2.66. The first-order valence-electron chi connectivity index (χ1n) is 4.08. The van der Waals surface area contributed by atoms with Crippen LogP contribution in [0.1, 0.15) is 6.92 Å². The van der Waals surface area contributed by atoms with Gasteiger partial charge in [-0.1, -0.05) is 12.2 Å². The van der Waals surface area contributed by atoms with Crippen molar-refractivity contribution in [1.82, 2.24) is 0 Å². The molecule has 4 nitrogen and oxygen atoms in total. The summed E-state index contributed by atoms with van der Waals surface area (Å²) in [5, 5.41) is 18.5. The molecule has 2 N–H and O–H groups in total. The van der Waals surface area contributed by atoms with Crippen LogP contribution in [-0.2, 0) is 9.53 Å². The van der Waals surface area contributed by atoms with Gasteiger partial charge in [0.15, 0.2) is 0 Å². The van der Waals surface area contributed by atoms with Crippen LogP contribution in [0.15, 0.2) is 23.8 Å². The van der Waals surface area contributed by atoms with E-state index in [2.05, 4.69) is 4.74 Å². The topological polar surface area (TPSA) is 66.8 Å². The number of aliphatic hydroxyl groups is 2. The summed E-state index contributed by atoms with van der Waals surface area (Å²) in [6.45, 7) is 1.93. The fraction of sp³-hybridized carbons (Fsp3) is 0.444.